The average Bonchev–Trinajstić information content (AvgIpc) is 2.67. The van der Waals surface area contributed by atoms with E-state index in [9.17, 15) is 9.59 Å². The highest BCUT2D eigenvalue weighted by Gasteiger charge is 2.04. The Balaban J connectivity index is 1.88. The van der Waals surface area contributed by atoms with Gasteiger partial charge in [-0.25, -0.2) is 0 Å². The average molecular weight is 383 g/mol. The molecule has 27 heavy (non-hydrogen) atoms. The lowest BCUT2D eigenvalue weighted by Crippen LogP contribution is -2.32. The predicted molar refractivity (Wildman–Crippen MR) is 111 cm³/mol. The first-order valence-electron chi connectivity index (χ1n) is 8.24. The van der Waals surface area contributed by atoms with Crippen molar-refractivity contribution < 1.29 is 14.3 Å². The second-order valence-corrected chi connectivity index (χ2v) is 5.97. The lowest BCUT2D eigenvalue weighted by Gasteiger charge is -2.09. The van der Waals surface area contributed by atoms with E-state index in [2.05, 4.69) is 16.0 Å². The molecule has 6 nitrogen and oxygen atoms in total. The number of carbonyl (C=O) groups excluding carboxylic acids is 2. The summed E-state index contributed by atoms with van der Waals surface area (Å²) in [7, 11) is 3.17. The normalized spacial score (nSPS) is 10.3. The van der Waals surface area contributed by atoms with Crippen LogP contribution in [0.4, 0.5) is 5.69 Å². The Bertz CT molecular complexity index is 848. The summed E-state index contributed by atoms with van der Waals surface area (Å²) in [5.41, 5.74) is 2.39. The van der Waals surface area contributed by atoms with E-state index in [0.717, 1.165) is 16.8 Å². The molecule has 0 saturated carbocycles. The Morgan fingerprint density at radius 1 is 1.11 bits per heavy atom. The zero-order valence-corrected chi connectivity index (χ0v) is 15.9. The minimum Gasteiger partial charge on any atom is -0.496 e. The van der Waals surface area contributed by atoms with Crippen LogP contribution in [0.15, 0.2) is 54.6 Å². The molecule has 7 heteroatoms. The van der Waals surface area contributed by atoms with E-state index in [1.54, 1.807) is 32.4 Å². The number of hydrogen-bond donors (Lipinski definition) is 3. The Morgan fingerprint density at radius 3 is 2.48 bits per heavy atom. The number of likely N-dealkylation sites (N-methyl/N-ethyl adjacent to an activating group) is 1. The minimum absolute atomic E-state index is 0.0553. The number of hydrogen-bond acceptors (Lipinski definition) is 4. The Morgan fingerprint density at radius 2 is 1.81 bits per heavy atom. The Labute approximate surface area is 163 Å². The van der Waals surface area contributed by atoms with Crippen LogP contribution in [0.5, 0.6) is 5.75 Å². The maximum atomic E-state index is 12.0. The van der Waals surface area contributed by atoms with Crippen LogP contribution < -0.4 is 20.7 Å². The molecule has 0 fully saturated rings. The molecule has 140 valence electrons. The molecule has 0 spiro atoms. The first-order chi connectivity index (χ1) is 13.0. The molecule has 0 atom stereocenters. The van der Waals surface area contributed by atoms with Crippen molar-refractivity contribution >= 4 is 40.9 Å². The Kier molecular flexibility index (Phi) is 7.51. The van der Waals surface area contributed by atoms with Gasteiger partial charge in [-0.3, -0.25) is 14.9 Å². The molecule has 0 aliphatic carbocycles. The van der Waals surface area contributed by atoms with Gasteiger partial charge in [0.15, 0.2) is 5.11 Å². The van der Waals surface area contributed by atoms with Crippen LogP contribution in [0.2, 0.25) is 0 Å². The van der Waals surface area contributed by atoms with E-state index in [1.807, 2.05) is 36.4 Å². The molecule has 0 radical (unpaired) electrons. The second kappa shape index (κ2) is 10.1. The SMILES string of the molecule is CNC(=O)Cc1ccc(NC(=S)NC(=O)/C=C/c2ccccc2OC)cc1. The number of thiocarbonyl (C=S) groups is 1. The van der Waals surface area contributed by atoms with Gasteiger partial charge in [0, 0.05) is 24.4 Å². The lowest BCUT2D eigenvalue weighted by atomic mass is 10.1. The van der Waals surface area contributed by atoms with Gasteiger partial charge in [-0.2, -0.15) is 0 Å². The lowest BCUT2D eigenvalue weighted by molar-refractivity contribution is -0.120. The molecule has 0 bridgehead atoms. The van der Waals surface area contributed by atoms with Crippen LogP contribution in [0.1, 0.15) is 11.1 Å². The third-order valence-corrected chi connectivity index (χ3v) is 3.85. The largest absolute Gasteiger partial charge is 0.496 e. The molecule has 0 heterocycles. The summed E-state index contributed by atoms with van der Waals surface area (Å²) >= 11 is 5.15. The summed E-state index contributed by atoms with van der Waals surface area (Å²) in [6, 6.07) is 14.6. The van der Waals surface area contributed by atoms with E-state index in [1.165, 1.54) is 6.08 Å². The topological polar surface area (TPSA) is 79.5 Å². The maximum Gasteiger partial charge on any atom is 0.250 e. The van der Waals surface area contributed by atoms with Crippen molar-refractivity contribution in [3.8, 4) is 5.75 Å². The predicted octanol–water partition coefficient (Wildman–Crippen LogP) is 2.51. The third kappa shape index (κ3) is 6.56. The highest BCUT2D eigenvalue weighted by molar-refractivity contribution is 7.80. The van der Waals surface area contributed by atoms with E-state index in [0.29, 0.717) is 12.2 Å². The summed E-state index contributed by atoms with van der Waals surface area (Å²) in [5, 5.41) is 8.27. The van der Waals surface area contributed by atoms with Crippen molar-refractivity contribution in [1.82, 2.24) is 10.6 Å². The second-order valence-electron chi connectivity index (χ2n) is 5.57. The number of methoxy groups -OCH3 is 1. The zero-order chi connectivity index (χ0) is 19.6. The molecule has 0 aromatic heterocycles. The number of anilines is 1. The summed E-state index contributed by atoms with van der Waals surface area (Å²) in [4.78, 5) is 23.4. The molecule has 0 unspecified atom stereocenters. The summed E-state index contributed by atoms with van der Waals surface area (Å²) < 4.78 is 5.23. The van der Waals surface area contributed by atoms with Gasteiger partial charge >= 0.3 is 0 Å². The number of benzene rings is 2. The van der Waals surface area contributed by atoms with Crippen LogP contribution in [0, 0.1) is 0 Å². The monoisotopic (exact) mass is 383 g/mol. The standard InChI is InChI=1S/C20H21N3O3S/c1-21-19(25)13-14-7-10-16(11-8-14)22-20(27)23-18(24)12-9-15-5-3-4-6-17(15)26-2/h3-12H,13H2,1-2H3,(H,21,25)(H2,22,23,24,27)/b12-9+. The molecule has 3 N–H and O–H groups in total. The molecule has 0 saturated heterocycles. The number of para-hydroxylation sites is 1. The summed E-state index contributed by atoms with van der Waals surface area (Å²) in [6.45, 7) is 0. The van der Waals surface area contributed by atoms with Gasteiger partial charge < -0.3 is 15.4 Å². The molecular formula is C20H21N3O3S. The first-order valence-corrected chi connectivity index (χ1v) is 8.65. The quantitative estimate of drug-likeness (QED) is 0.528. The fourth-order valence-corrected chi connectivity index (χ4v) is 2.48. The van der Waals surface area contributed by atoms with Gasteiger partial charge in [-0.1, -0.05) is 30.3 Å². The highest BCUT2D eigenvalue weighted by Crippen LogP contribution is 2.18. The van der Waals surface area contributed by atoms with Crippen LogP contribution in [-0.4, -0.2) is 31.1 Å². The van der Waals surface area contributed by atoms with E-state index < -0.39 is 0 Å². The van der Waals surface area contributed by atoms with Crippen LogP contribution >= 0.6 is 12.2 Å². The van der Waals surface area contributed by atoms with Crippen LogP contribution in [-0.2, 0) is 16.0 Å². The molecule has 2 amide bonds. The maximum absolute atomic E-state index is 12.0. The number of rotatable bonds is 6. The van der Waals surface area contributed by atoms with Crippen molar-refractivity contribution in [3.63, 3.8) is 0 Å². The van der Waals surface area contributed by atoms with Crippen molar-refractivity contribution in [2.24, 2.45) is 0 Å². The van der Waals surface area contributed by atoms with Crippen molar-refractivity contribution in [3.05, 3.63) is 65.7 Å². The molecule has 0 aliphatic rings. The molecule has 2 rings (SSSR count). The van der Waals surface area contributed by atoms with Gasteiger partial charge in [0.05, 0.1) is 13.5 Å². The minimum atomic E-state index is -0.352. The number of carbonyl (C=O) groups is 2. The first kappa shape index (κ1) is 20.1. The number of ether oxygens (including phenoxy) is 1. The fraction of sp³-hybridized carbons (Fsp3) is 0.150. The van der Waals surface area contributed by atoms with Gasteiger partial charge in [0.2, 0.25) is 11.8 Å². The van der Waals surface area contributed by atoms with E-state index >= 15 is 0 Å². The number of nitrogens with one attached hydrogen (secondary N) is 3. The van der Waals surface area contributed by atoms with Crippen molar-refractivity contribution in [1.29, 1.82) is 0 Å². The fourth-order valence-electron chi connectivity index (χ4n) is 2.27. The summed E-state index contributed by atoms with van der Waals surface area (Å²) in [5.74, 6) is 0.272. The van der Waals surface area contributed by atoms with Crippen molar-refractivity contribution in [2.45, 2.75) is 6.42 Å². The number of amides is 2. The van der Waals surface area contributed by atoms with Crippen LogP contribution in [0.25, 0.3) is 6.08 Å². The zero-order valence-electron chi connectivity index (χ0n) is 15.1. The van der Waals surface area contributed by atoms with E-state index in [4.69, 9.17) is 17.0 Å². The van der Waals surface area contributed by atoms with Gasteiger partial charge in [0.1, 0.15) is 5.75 Å². The Hall–Kier alpha value is -3.19. The molecule has 0 aliphatic heterocycles. The van der Waals surface area contributed by atoms with Gasteiger partial charge in [0.25, 0.3) is 0 Å². The third-order valence-electron chi connectivity index (χ3n) is 3.65. The van der Waals surface area contributed by atoms with Crippen LogP contribution in [0.3, 0.4) is 0 Å². The van der Waals surface area contributed by atoms with Gasteiger partial charge in [-0.05, 0) is 42.1 Å². The molecular weight excluding hydrogens is 362 g/mol. The molecule has 2 aromatic carbocycles. The smallest absolute Gasteiger partial charge is 0.250 e. The highest BCUT2D eigenvalue weighted by atomic mass is 32.1. The summed E-state index contributed by atoms with van der Waals surface area (Å²) in [6.07, 6.45) is 3.36. The van der Waals surface area contributed by atoms with E-state index in [-0.39, 0.29) is 16.9 Å². The van der Waals surface area contributed by atoms with Crippen molar-refractivity contribution in [2.75, 3.05) is 19.5 Å². The van der Waals surface area contributed by atoms with Gasteiger partial charge in [-0.15, -0.1) is 0 Å². The molecule has 2 aromatic rings.